The van der Waals surface area contributed by atoms with Crippen LogP contribution in [-0.2, 0) is 25.5 Å². The van der Waals surface area contributed by atoms with E-state index in [0.29, 0.717) is 5.56 Å². The predicted octanol–water partition coefficient (Wildman–Crippen LogP) is 11.6. The fraction of sp³-hybridized carbons (Fsp3) is 0.182. The summed E-state index contributed by atoms with van der Waals surface area (Å²) in [5.74, 6) is 0.925. The summed E-state index contributed by atoms with van der Waals surface area (Å²) in [5.41, 5.74) is 7.63. The Hall–Kier alpha value is -4.19. The first-order valence-corrected chi connectivity index (χ1v) is 20.9. The van der Waals surface area contributed by atoms with Gasteiger partial charge in [0.05, 0.1) is 24.9 Å². The van der Waals surface area contributed by atoms with Gasteiger partial charge in [-0.2, -0.15) is 11.3 Å². The maximum Gasteiger partial charge on any atom is 0.0795 e. The number of fused-ring (bicyclic) bond motifs is 4. The maximum absolute atomic E-state index is 7.35. The molecule has 0 spiro atoms. The summed E-state index contributed by atoms with van der Waals surface area (Å²) in [4.78, 5) is 9.50. The van der Waals surface area contributed by atoms with Crippen molar-refractivity contribution < 1.29 is 24.2 Å². The SMILES string of the molecule is CC(C)(C)c1ccc(-n2c(-c3[c-]cc4c(c3)sc3ccccc34)nc3ccccc32)cc1.[2H]C([2H])([2H])c1c[c-]c(-c2ccc([Si](C)(C)C)cn2)cc1.[Ir]. The average Bonchev–Trinajstić information content (AvgIpc) is 3.69. The van der Waals surface area contributed by atoms with Gasteiger partial charge in [0, 0.05) is 40.8 Å². The summed E-state index contributed by atoms with van der Waals surface area (Å²) in [7, 11) is -1.34. The first-order valence-electron chi connectivity index (χ1n) is 18.1. The molecule has 6 heteroatoms. The van der Waals surface area contributed by atoms with E-state index in [-0.39, 0.29) is 25.5 Å². The van der Waals surface area contributed by atoms with Crippen LogP contribution in [-0.4, -0.2) is 22.6 Å². The molecule has 8 aromatic rings. The summed E-state index contributed by atoms with van der Waals surface area (Å²) in [5, 5.41) is 3.86. The van der Waals surface area contributed by atoms with Gasteiger partial charge in [-0.05, 0) is 62.3 Å². The van der Waals surface area contributed by atoms with Crippen molar-refractivity contribution in [3.05, 3.63) is 145 Å². The zero-order valence-corrected chi connectivity index (χ0v) is 33.3. The molecule has 0 atom stereocenters. The Bertz CT molecular complexity index is 2450. The second-order valence-electron chi connectivity index (χ2n) is 14.5. The van der Waals surface area contributed by atoms with Gasteiger partial charge in [0.25, 0.3) is 0 Å². The number of thiophene rings is 1. The second kappa shape index (κ2) is 14.2. The van der Waals surface area contributed by atoms with E-state index < -0.39 is 14.9 Å². The molecule has 0 bridgehead atoms. The van der Waals surface area contributed by atoms with Crippen molar-refractivity contribution in [1.29, 1.82) is 0 Å². The van der Waals surface area contributed by atoms with Crippen LogP contribution in [0.4, 0.5) is 0 Å². The van der Waals surface area contributed by atoms with Crippen molar-refractivity contribution in [1.82, 2.24) is 14.5 Å². The first kappa shape index (κ1) is 31.8. The summed E-state index contributed by atoms with van der Waals surface area (Å²) in [6, 6.07) is 45.7. The topological polar surface area (TPSA) is 30.7 Å². The molecule has 0 N–H and O–H groups in total. The summed E-state index contributed by atoms with van der Waals surface area (Å²) in [6.45, 7) is 11.5. The van der Waals surface area contributed by atoms with E-state index in [4.69, 9.17) is 9.10 Å². The van der Waals surface area contributed by atoms with Crippen LogP contribution in [0.3, 0.4) is 0 Å². The summed E-state index contributed by atoms with van der Waals surface area (Å²) in [6.07, 6.45) is 1.92. The zero-order chi connectivity index (χ0) is 36.8. The maximum atomic E-state index is 7.35. The molecule has 8 rings (SSSR count). The van der Waals surface area contributed by atoms with Gasteiger partial charge < -0.3 is 9.55 Å². The minimum Gasteiger partial charge on any atom is -0.333 e. The van der Waals surface area contributed by atoms with Gasteiger partial charge in [-0.15, -0.1) is 59.2 Å². The quantitative estimate of drug-likeness (QED) is 0.130. The summed E-state index contributed by atoms with van der Waals surface area (Å²) < 4.78 is 26.9. The molecular formula is C44H41IrN3SSi-2. The van der Waals surface area contributed by atoms with E-state index in [1.807, 2.05) is 29.7 Å². The van der Waals surface area contributed by atoms with Crippen molar-refractivity contribution in [2.24, 2.45) is 0 Å². The van der Waals surface area contributed by atoms with Gasteiger partial charge in [-0.3, -0.25) is 4.98 Å². The van der Waals surface area contributed by atoms with Gasteiger partial charge in [-0.25, -0.2) is 0 Å². The van der Waals surface area contributed by atoms with Gasteiger partial charge in [0.15, 0.2) is 0 Å². The molecule has 0 aliphatic heterocycles. The number of hydrogen-bond acceptors (Lipinski definition) is 3. The number of nitrogens with zero attached hydrogens (tertiary/aromatic N) is 3. The molecule has 3 heterocycles. The molecule has 3 aromatic heterocycles. The summed E-state index contributed by atoms with van der Waals surface area (Å²) >= 11 is 1.83. The Morgan fingerprint density at radius 2 is 1.50 bits per heavy atom. The van der Waals surface area contributed by atoms with Gasteiger partial charge >= 0.3 is 0 Å². The van der Waals surface area contributed by atoms with Crippen molar-refractivity contribution in [2.75, 3.05) is 0 Å². The minimum atomic E-state index is -2.08. The smallest absolute Gasteiger partial charge is 0.0795 e. The molecule has 0 saturated carbocycles. The number of rotatable bonds is 4. The van der Waals surface area contributed by atoms with E-state index >= 15 is 0 Å². The number of imidazole rings is 1. The van der Waals surface area contributed by atoms with Crippen molar-refractivity contribution in [3.63, 3.8) is 0 Å². The Morgan fingerprint density at radius 1 is 0.760 bits per heavy atom. The van der Waals surface area contributed by atoms with E-state index in [2.05, 4.69) is 147 Å². The van der Waals surface area contributed by atoms with Gasteiger partial charge in [0.1, 0.15) is 0 Å². The van der Waals surface area contributed by atoms with Crippen LogP contribution in [0.2, 0.25) is 19.6 Å². The average molecular weight is 867 g/mol. The molecule has 0 aliphatic carbocycles. The van der Waals surface area contributed by atoms with Gasteiger partial charge in [0.2, 0.25) is 0 Å². The molecule has 253 valence electrons. The first-order chi connectivity index (χ1) is 24.7. The largest absolute Gasteiger partial charge is 0.333 e. The predicted molar refractivity (Wildman–Crippen MR) is 213 cm³/mol. The number of benzene rings is 5. The van der Waals surface area contributed by atoms with Crippen LogP contribution in [0.1, 0.15) is 36.0 Å². The van der Waals surface area contributed by atoms with Crippen LogP contribution < -0.4 is 5.19 Å². The number of pyridine rings is 1. The van der Waals surface area contributed by atoms with Crippen LogP contribution in [0.15, 0.2) is 121 Å². The molecule has 0 unspecified atom stereocenters. The molecule has 3 nitrogen and oxygen atoms in total. The Balaban J connectivity index is 0.000000199. The molecule has 1 radical (unpaired) electrons. The fourth-order valence-electron chi connectivity index (χ4n) is 5.95. The molecule has 5 aromatic carbocycles. The number of aromatic nitrogens is 3. The van der Waals surface area contributed by atoms with E-state index in [1.165, 1.54) is 37.0 Å². The molecule has 0 aliphatic rings. The number of hydrogen-bond donors (Lipinski definition) is 0. The fourth-order valence-corrected chi connectivity index (χ4v) is 8.11. The molecule has 50 heavy (non-hydrogen) atoms. The number of para-hydroxylation sites is 2. The normalized spacial score (nSPS) is 12.9. The Labute approximate surface area is 318 Å². The van der Waals surface area contributed by atoms with E-state index in [1.54, 1.807) is 12.1 Å². The third kappa shape index (κ3) is 7.31. The van der Waals surface area contributed by atoms with E-state index in [9.17, 15) is 0 Å². The van der Waals surface area contributed by atoms with Crippen molar-refractivity contribution in [3.8, 4) is 28.3 Å². The van der Waals surface area contributed by atoms with Crippen LogP contribution >= 0.6 is 11.3 Å². The number of aryl methyl sites for hydroxylation is 1. The standard InChI is InChI=1S/C29H23N2S.C15H18NSi.Ir/c1-29(2,3)20-13-15-21(16-14-20)31-25-10-6-5-9-24(25)30-28(31)19-12-17-23-22-8-4-7-11-26(22)32-27(23)18-19;1-12-5-7-13(8-6-12)15-10-9-14(11-16-15)17(2,3)4;/h4-11,13-18H,1-3H3;5-7,9-11H,1-4H3;/q2*-1;/i;1D3;. The second-order valence-corrected chi connectivity index (χ2v) is 20.6. The third-order valence-electron chi connectivity index (χ3n) is 8.82. The van der Waals surface area contributed by atoms with Crippen molar-refractivity contribution >= 4 is 55.8 Å². The van der Waals surface area contributed by atoms with Crippen LogP contribution in [0.5, 0.6) is 0 Å². The Morgan fingerprint density at radius 3 is 2.18 bits per heavy atom. The molecular weight excluding hydrogens is 823 g/mol. The molecule has 0 fully saturated rings. The Kier molecular flexibility index (Phi) is 9.02. The molecule has 0 saturated heterocycles. The third-order valence-corrected chi connectivity index (χ3v) is 12.0. The zero-order valence-electron chi connectivity index (χ0n) is 32.1. The minimum absolute atomic E-state index is 0. The van der Waals surface area contributed by atoms with Crippen molar-refractivity contribution in [2.45, 2.75) is 52.7 Å². The van der Waals surface area contributed by atoms with Crippen LogP contribution in [0.25, 0.3) is 59.5 Å². The monoisotopic (exact) mass is 867 g/mol. The van der Waals surface area contributed by atoms with Crippen LogP contribution in [0, 0.1) is 19.0 Å². The van der Waals surface area contributed by atoms with Gasteiger partial charge in [-0.1, -0.05) is 107 Å². The van der Waals surface area contributed by atoms with E-state index in [0.717, 1.165) is 39.4 Å². The molecule has 0 amide bonds.